The molecule has 3 aromatic rings. The van der Waals surface area contributed by atoms with Crippen molar-refractivity contribution in [2.24, 2.45) is 5.41 Å². The number of halogens is 7. The lowest BCUT2D eigenvalue weighted by Gasteiger charge is -2.59. The summed E-state index contributed by atoms with van der Waals surface area (Å²) in [4.78, 5) is 14.6. The first-order chi connectivity index (χ1) is 18.3. The van der Waals surface area contributed by atoms with Crippen LogP contribution in [0.3, 0.4) is 0 Å². The molecule has 6 rings (SSSR count). The molecule has 2 saturated carbocycles. The number of amides is 1. The molecule has 2 heterocycles. The summed E-state index contributed by atoms with van der Waals surface area (Å²) in [7, 11) is 0. The number of rotatable bonds is 5. The minimum absolute atomic E-state index is 0.0432. The van der Waals surface area contributed by atoms with Crippen molar-refractivity contribution in [3.63, 3.8) is 0 Å². The number of alkyl halides is 6. The molecule has 1 saturated heterocycles. The highest BCUT2D eigenvalue weighted by molar-refractivity contribution is 5.97. The van der Waals surface area contributed by atoms with Crippen LogP contribution in [0.15, 0.2) is 48.5 Å². The van der Waals surface area contributed by atoms with Gasteiger partial charge in [0.05, 0.1) is 29.0 Å². The average Bonchev–Trinajstić information content (AvgIpc) is 3.50. The molecule has 1 aliphatic heterocycles. The van der Waals surface area contributed by atoms with Crippen molar-refractivity contribution in [3.05, 3.63) is 71.2 Å². The van der Waals surface area contributed by atoms with E-state index in [4.69, 9.17) is 4.74 Å². The van der Waals surface area contributed by atoms with Gasteiger partial charge in [0.2, 0.25) is 0 Å². The highest BCUT2D eigenvalue weighted by Gasteiger charge is 2.56. The molecule has 0 N–H and O–H groups in total. The number of benzene rings is 2. The quantitative estimate of drug-likeness (QED) is 0.329. The number of hydrogen-bond donors (Lipinski definition) is 0. The second-order valence-electron chi connectivity index (χ2n) is 10.6. The van der Waals surface area contributed by atoms with Crippen LogP contribution < -0.4 is 4.74 Å². The molecule has 3 aliphatic rings. The number of carbonyl (C=O) groups excluding carboxylic acids is 1. The summed E-state index contributed by atoms with van der Waals surface area (Å²) in [5.74, 6) is -0.699. The molecule has 2 aliphatic carbocycles. The van der Waals surface area contributed by atoms with Gasteiger partial charge in [0.25, 0.3) is 5.91 Å². The fourth-order valence-electron chi connectivity index (χ4n) is 5.55. The van der Waals surface area contributed by atoms with E-state index >= 15 is 0 Å². The van der Waals surface area contributed by atoms with Gasteiger partial charge in [-0.1, -0.05) is 18.2 Å². The van der Waals surface area contributed by atoms with Gasteiger partial charge >= 0.3 is 12.4 Å². The fraction of sp³-hybridized carbons (Fsp3) is 0.407. The van der Waals surface area contributed by atoms with E-state index in [2.05, 4.69) is 5.10 Å². The Labute approximate surface area is 218 Å². The smallest absolute Gasteiger partial charge is 0.433 e. The molecule has 3 fully saturated rings. The fourth-order valence-corrected chi connectivity index (χ4v) is 5.55. The maximum atomic E-state index is 13.9. The number of aromatic nitrogens is 2. The van der Waals surface area contributed by atoms with Crippen LogP contribution in [-0.4, -0.2) is 39.8 Å². The Morgan fingerprint density at radius 1 is 0.949 bits per heavy atom. The minimum atomic E-state index is -4.82. The summed E-state index contributed by atoms with van der Waals surface area (Å²) in [6.45, 7) is 0.601. The topological polar surface area (TPSA) is 47.4 Å². The van der Waals surface area contributed by atoms with E-state index in [9.17, 15) is 35.5 Å². The minimum Gasteiger partial charge on any atom is -0.489 e. The van der Waals surface area contributed by atoms with Gasteiger partial charge in [0.1, 0.15) is 17.3 Å². The number of ether oxygens (including phenoxy) is 1. The molecule has 0 bridgehead atoms. The average molecular weight is 553 g/mol. The lowest BCUT2D eigenvalue weighted by Crippen LogP contribution is -2.64. The molecule has 0 unspecified atom stereocenters. The normalized spacial score (nSPS) is 19.1. The zero-order valence-electron chi connectivity index (χ0n) is 20.3. The molecule has 1 spiro atoms. The van der Waals surface area contributed by atoms with Gasteiger partial charge in [-0.25, -0.2) is 4.39 Å². The molecular weight excluding hydrogens is 531 g/mol. The van der Waals surface area contributed by atoms with Crippen LogP contribution >= 0.6 is 0 Å². The second-order valence-corrected chi connectivity index (χ2v) is 10.6. The molecule has 206 valence electrons. The zero-order valence-corrected chi connectivity index (χ0v) is 20.3. The van der Waals surface area contributed by atoms with Crippen LogP contribution in [0.25, 0.3) is 11.3 Å². The van der Waals surface area contributed by atoms with Crippen LogP contribution in [0, 0.1) is 11.2 Å². The first-order valence-corrected chi connectivity index (χ1v) is 12.4. The largest absolute Gasteiger partial charge is 0.489 e. The first-order valence-electron chi connectivity index (χ1n) is 12.4. The third-order valence-corrected chi connectivity index (χ3v) is 7.55. The SMILES string of the molecule is O=C(c1ccc(F)cc1OC1CC1)N1CC2(CC(n3nc(-c4ccccc4C(F)(F)F)cc3C(F)(F)F)C2)C1. The van der Waals surface area contributed by atoms with E-state index in [-0.39, 0.29) is 36.2 Å². The summed E-state index contributed by atoms with van der Waals surface area (Å²) in [5.41, 5.74) is -3.18. The lowest BCUT2D eigenvalue weighted by atomic mass is 9.60. The van der Waals surface area contributed by atoms with Gasteiger partial charge < -0.3 is 9.64 Å². The van der Waals surface area contributed by atoms with Crippen molar-refractivity contribution >= 4 is 5.91 Å². The third-order valence-electron chi connectivity index (χ3n) is 7.55. The number of nitrogens with zero attached hydrogens (tertiary/aromatic N) is 3. The van der Waals surface area contributed by atoms with Crippen molar-refractivity contribution in [1.29, 1.82) is 0 Å². The summed E-state index contributed by atoms with van der Waals surface area (Å²) >= 11 is 0. The number of likely N-dealkylation sites (tertiary alicyclic amines) is 1. The zero-order chi connectivity index (χ0) is 27.7. The van der Waals surface area contributed by atoms with E-state index in [1.807, 2.05) is 0 Å². The third kappa shape index (κ3) is 4.74. The van der Waals surface area contributed by atoms with Crippen LogP contribution in [0.1, 0.15) is 53.3 Å². The van der Waals surface area contributed by atoms with Crippen molar-refractivity contribution in [3.8, 4) is 17.0 Å². The maximum absolute atomic E-state index is 13.9. The molecule has 5 nitrogen and oxygen atoms in total. The summed E-state index contributed by atoms with van der Waals surface area (Å²) in [6, 6.07) is 8.08. The van der Waals surface area contributed by atoms with Crippen molar-refractivity contribution < 1.29 is 40.3 Å². The molecule has 0 radical (unpaired) electrons. The number of hydrogen-bond acceptors (Lipinski definition) is 3. The molecule has 0 atom stereocenters. The molecular formula is C27H22F7N3O2. The van der Waals surface area contributed by atoms with Gasteiger partial charge in [-0.05, 0) is 49.9 Å². The molecule has 1 amide bonds. The Bertz CT molecular complexity index is 1430. The Morgan fingerprint density at radius 3 is 2.28 bits per heavy atom. The Kier molecular flexibility index (Phi) is 5.74. The van der Waals surface area contributed by atoms with E-state index in [0.29, 0.717) is 19.2 Å². The predicted molar refractivity (Wildman–Crippen MR) is 124 cm³/mol. The highest BCUT2D eigenvalue weighted by Crippen LogP contribution is 2.55. The van der Waals surface area contributed by atoms with E-state index in [1.54, 1.807) is 4.90 Å². The van der Waals surface area contributed by atoms with Crippen LogP contribution in [0.2, 0.25) is 0 Å². The van der Waals surface area contributed by atoms with E-state index < -0.39 is 52.1 Å². The van der Waals surface area contributed by atoms with Gasteiger partial charge in [-0.2, -0.15) is 31.4 Å². The van der Waals surface area contributed by atoms with Gasteiger partial charge in [-0.15, -0.1) is 0 Å². The van der Waals surface area contributed by atoms with Crippen molar-refractivity contribution in [2.45, 2.75) is 50.2 Å². The summed E-state index contributed by atoms with van der Waals surface area (Å²) < 4.78 is 102. The van der Waals surface area contributed by atoms with Crippen LogP contribution in [0.5, 0.6) is 5.75 Å². The van der Waals surface area contributed by atoms with E-state index in [0.717, 1.165) is 29.7 Å². The van der Waals surface area contributed by atoms with Crippen LogP contribution in [-0.2, 0) is 12.4 Å². The summed E-state index contributed by atoms with van der Waals surface area (Å²) in [6.07, 6.45) is -7.38. The number of carbonyl (C=O) groups is 1. The van der Waals surface area contributed by atoms with Gasteiger partial charge in [0.15, 0.2) is 0 Å². The maximum Gasteiger partial charge on any atom is 0.433 e. The van der Waals surface area contributed by atoms with Gasteiger partial charge in [0, 0.05) is 30.1 Å². The monoisotopic (exact) mass is 553 g/mol. The van der Waals surface area contributed by atoms with Gasteiger partial charge in [-0.3, -0.25) is 9.48 Å². The second kappa shape index (κ2) is 8.72. The predicted octanol–water partition coefficient (Wildman–Crippen LogP) is 6.75. The molecule has 1 aromatic heterocycles. The van der Waals surface area contributed by atoms with Crippen molar-refractivity contribution in [1.82, 2.24) is 14.7 Å². The summed E-state index contributed by atoms with van der Waals surface area (Å²) in [5, 5.41) is 3.99. The molecule has 39 heavy (non-hydrogen) atoms. The molecule has 12 heteroatoms. The Morgan fingerprint density at radius 2 is 1.64 bits per heavy atom. The van der Waals surface area contributed by atoms with Crippen LogP contribution in [0.4, 0.5) is 30.7 Å². The van der Waals surface area contributed by atoms with E-state index in [1.165, 1.54) is 30.3 Å². The first kappa shape index (κ1) is 25.7. The highest BCUT2D eigenvalue weighted by atomic mass is 19.4. The lowest BCUT2D eigenvalue weighted by molar-refractivity contribution is -0.149. The molecule has 2 aromatic carbocycles. The standard InChI is InChI=1S/C27H22F7N3O2/c28-15-5-8-19(22(9-15)39-17-6-7-17)24(38)36-13-25(14-36)11-16(12-25)37-23(27(32,33)34)10-21(35-37)18-3-1-2-4-20(18)26(29,30)31/h1-5,8-10,16-17H,6-7,11-14H2. The van der Waals surface area contributed by atoms with Crippen molar-refractivity contribution in [2.75, 3.05) is 13.1 Å². The Balaban J connectivity index is 1.19. The Hall–Kier alpha value is -3.57.